The summed E-state index contributed by atoms with van der Waals surface area (Å²) in [6.07, 6.45) is 6.30. The second-order valence-electron chi connectivity index (χ2n) is 3.50. The molecule has 0 aromatic carbocycles. The van der Waals surface area contributed by atoms with Gasteiger partial charge in [-0.15, -0.1) is 0 Å². The van der Waals surface area contributed by atoms with E-state index >= 15 is 0 Å². The lowest BCUT2D eigenvalue weighted by molar-refractivity contribution is 0.426. The summed E-state index contributed by atoms with van der Waals surface area (Å²) in [4.78, 5) is 0.733. The molecule has 0 saturated carbocycles. The molecule has 0 amide bonds. The van der Waals surface area contributed by atoms with Crippen LogP contribution in [-0.2, 0) is 0 Å². The largest absolute Gasteiger partial charge is 0.316 e. The van der Waals surface area contributed by atoms with Gasteiger partial charge in [0.05, 0.1) is 0 Å². The zero-order valence-corrected chi connectivity index (χ0v) is 8.23. The molecule has 0 aromatic rings. The van der Waals surface area contributed by atoms with Crippen molar-refractivity contribution in [2.45, 2.75) is 24.1 Å². The van der Waals surface area contributed by atoms with Gasteiger partial charge in [0.2, 0.25) is 0 Å². The molecule has 2 rings (SSSR count). The molecule has 0 aromatic heterocycles. The van der Waals surface area contributed by atoms with Crippen molar-refractivity contribution in [1.29, 1.82) is 0 Å². The van der Waals surface area contributed by atoms with E-state index in [0.29, 0.717) is 0 Å². The maximum atomic E-state index is 3.68. The van der Waals surface area contributed by atoms with E-state index < -0.39 is 0 Å². The van der Waals surface area contributed by atoms with Gasteiger partial charge in [0.25, 0.3) is 0 Å². The van der Waals surface area contributed by atoms with E-state index in [-0.39, 0.29) is 0 Å². The second-order valence-corrected chi connectivity index (χ2v) is 4.79. The van der Waals surface area contributed by atoms with Crippen LogP contribution in [0.15, 0.2) is 11.6 Å². The fourth-order valence-electron chi connectivity index (χ4n) is 2.03. The van der Waals surface area contributed by atoms with Gasteiger partial charge in [-0.05, 0) is 31.7 Å². The number of hydrogen-bond acceptors (Lipinski definition) is 1. The molecule has 1 aliphatic heterocycles. The van der Waals surface area contributed by atoms with Gasteiger partial charge in [-0.1, -0.05) is 27.6 Å². The van der Waals surface area contributed by atoms with E-state index in [2.05, 4.69) is 27.3 Å². The number of piperidine rings is 1. The zero-order chi connectivity index (χ0) is 7.68. The van der Waals surface area contributed by atoms with Crippen molar-refractivity contribution in [3.63, 3.8) is 0 Å². The van der Waals surface area contributed by atoms with Crippen LogP contribution >= 0.6 is 15.9 Å². The summed E-state index contributed by atoms with van der Waals surface area (Å²) < 4.78 is 0. The Morgan fingerprint density at radius 1 is 1.55 bits per heavy atom. The first-order valence-corrected chi connectivity index (χ1v) is 5.31. The predicted molar refractivity (Wildman–Crippen MR) is 51.0 cm³/mol. The smallest absolute Gasteiger partial charge is 0.0186 e. The molecule has 1 nitrogen and oxygen atoms in total. The third kappa shape index (κ3) is 1.67. The van der Waals surface area contributed by atoms with Gasteiger partial charge in [0.15, 0.2) is 0 Å². The standard InChI is InChI=1S/C9H14BrN/c10-9-2-1-7-3-4-11-6-8(7)5-9/h1,8-9,11H,2-6H2. The van der Waals surface area contributed by atoms with E-state index in [1.807, 2.05) is 0 Å². The number of rotatable bonds is 0. The van der Waals surface area contributed by atoms with E-state index in [0.717, 1.165) is 10.7 Å². The molecule has 1 heterocycles. The van der Waals surface area contributed by atoms with Crippen LogP contribution in [0.25, 0.3) is 0 Å². The number of nitrogens with one attached hydrogen (secondary N) is 1. The van der Waals surface area contributed by atoms with Crippen molar-refractivity contribution < 1.29 is 0 Å². The summed E-state index contributed by atoms with van der Waals surface area (Å²) in [5.41, 5.74) is 1.71. The molecule has 0 bridgehead atoms. The fraction of sp³-hybridized carbons (Fsp3) is 0.778. The number of hydrogen-bond donors (Lipinski definition) is 1. The molecular formula is C9H14BrN. The van der Waals surface area contributed by atoms with Crippen LogP contribution in [0.4, 0.5) is 0 Å². The van der Waals surface area contributed by atoms with Gasteiger partial charge < -0.3 is 5.32 Å². The molecule has 2 atom stereocenters. The summed E-state index contributed by atoms with van der Waals surface area (Å²) in [7, 11) is 0. The molecule has 1 saturated heterocycles. The third-order valence-corrected chi connectivity index (χ3v) is 3.43. The quantitative estimate of drug-likeness (QED) is 0.483. The van der Waals surface area contributed by atoms with Crippen molar-refractivity contribution in [3.05, 3.63) is 11.6 Å². The van der Waals surface area contributed by atoms with Crippen molar-refractivity contribution in [1.82, 2.24) is 5.32 Å². The Labute approximate surface area is 76.4 Å². The summed E-state index contributed by atoms with van der Waals surface area (Å²) in [6.45, 7) is 2.39. The molecule has 11 heavy (non-hydrogen) atoms. The number of fused-ring (bicyclic) bond motifs is 1. The number of allylic oxidation sites excluding steroid dienone is 1. The highest BCUT2D eigenvalue weighted by molar-refractivity contribution is 9.09. The van der Waals surface area contributed by atoms with Gasteiger partial charge >= 0.3 is 0 Å². The second kappa shape index (κ2) is 3.28. The SMILES string of the molecule is BrC1CC=C2CCNCC2C1. The molecule has 0 spiro atoms. The predicted octanol–water partition coefficient (Wildman–Crippen LogP) is 2.08. The molecule has 1 N–H and O–H groups in total. The van der Waals surface area contributed by atoms with Crippen LogP contribution < -0.4 is 5.32 Å². The molecule has 2 unspecified atom stereocenters. The van der Waals surface area contributed by atoms with Crippen LogP contribution in [0, 0.1) is 5.92 Å². The Hall–Kier alpha value is 0.180. The first kappa shape index (κ1) is 7.81. The van der Waals surface area contributed by atoms with Crippen molar-refractivity contribution in [2.75, 3.05) is 13.1 Å². The van der Waals surface area contributed by atoms with Crippen LogP contribution in [0.1, 0.15) is 19.3 Å². The van der Waals surface area contributed by atoms with Crippen LogP contribution in [0.3, 0.4) is 0 Å². The van der Waals surface area contributed by atoms with Crippen molar-refractivity contribution in [2.24, 2.45) is 5.92 Å². The van der Waals surface area contributed by atoms with Crippen LogP contribution in [0.5, 0.6) is 0 Å². The molecule has 2 aliphatic rings. The maximum Gasteiger partial charge on any atom is 0.0186 e. The van der Waals surface area contributed by atoms with Gasteiger partial charge in [-0.3, -0.25) is 0 Å². The highest BCUT2D eigenvalue weighted by Crippen LogP contribution is 2.31. The van der Waals surface area contributed by atoms with Gasteiger partial charge in [0.1, 0.15) is 0 Å². The fourth-order valence-corrected chi connectivity index (χ4v) is 2.67. The van der Waals surface area contributed by atoms with Crippen molar-refractivity contribution >= 4 is 15.9 Å². The molecule has 0 radical (unpaired) electrons. The van der Waals surface area contributed by atoms with Gasteiger partial charge in [-0.2, -0.15) is 0 Å². The topological polar surface area (TPSA) is 12.0 Å². The average Bonchev–Trinajstić information content (AvgIpc) is 2.04. The van der Waals surface area contributed by atoms with E-state index in [9.17, 15) is 0 Å². The summed E-state index contributed by atoms with van der Waals surface area (Å²) in [5, 5.41) is 3.44. The Balaban J connectivity index is 2.08. The number of alkyl halides is 1. The first-order valence-electron chi connectivity index (χ1n) is 4.40. The lowest BCUT2D eigenvalue weighted by Gasteiger charge is -2.31. The maximum absolute atomic E-state index is 3.68. The first-order chi connectivity index (χ1) is 5.36. The van der Waals surface area contributed by atoms with E-state index in [4.69, 9.17) is 0 Å². The monoisotopic (exact) mass is 215 g/mol. The minimum Gasteiger partial charge on any atom is -0.316 e. The molecular weight excluding hydrogens is 202 g/mol. The van der Waals surface area contributed by atoms with E-state index in [1.165, 1.54) is 32.4 Å². The Bertz CT molecular complexity index is 176. The Morgan fingerprint density at radius 3 is 3.36 bits per heavy atom. The highest BCUT2D eigenvalue weighted by Gasteiger charge is 2.24. The van der Waals surface area contributed by atoms with Gasteiger partial charge in [-0.25, -0.2) is 0 Å². The van der Waals surface area contributed by atoms with Gasteiger partial charge in [0, 0.05) is 11.4 Å². The van der Waals surface area contributed by atoms with Crippen LogP contribution in [-0.4, -0.2) is 17.9 Å². The highest BCUT2D eigenvalue weighted by atomic mass is 79.9. The summed E-state index contributed by atoms with van der Waals surface area (Å²) >= 11 is 3.68. The molecule has 1 fully saturated rings. The Kier molecular flexibility index (Phi) is 2.33. The zero-order valence-electron chi connectivity index (χ0n) is 6.65. The Morgan fingerprint density at radius 2 is 2.45 bits per heavy atom. The normalized spacial score (nSPS) is 37.7. The molecule has 2 heteroatoms. The lowest BCUT2D eigenvalue weighted by Crippen LogP contribution is -2.34. The number of halogens is 1. The van der Waals surface area contributed by atoms with Crippen molar-refractivity contribution in [3.8, 4) is 0 Å². The molecule has 62 valence electrons. The molecule has 1 aliphatic carbocycles. The minimum absolute atomic E-state index is 0.733. The summed E-state index contributed by atoms with van der Waals surface area (Å²) in [5.74, 6) is 0.835. The third-order valence-electron chi connectivity index (χ3n) is 2.68. The van der Waals surface area contributed by atoms with E-state index in [1.54, 1.807) is 5.57 Å². The van der Waals surface area contributed by atoms with Crippen LogP contribution in [0.2, 0.25) is 0 Å². The average molecular weight is 216 g/mol. The summed E-state index contributed by atoms with van der Waals surface area (Å²) in [6, 6.07) is 0. The lowest BCUT2D eigenvalue weighted by atomic mass is 9.84. The minimum atomic E-state index is 0.733.